The van der Waals surface area contributed by atoms with Crippen LogP contribution in [0, 0.1) is 5.92 Å². The third-order valence-corrected chi connectivity index (χ3v) is 3.19. The summed E-state index contributed by atoms with van der Waals surface area (Å²) in [5.41, 5.74) is 5.69. The summed E-state index contributed by atoms with van der Waals surface area (Å²) in [5.74, 6) is 2.27. The van der Waals surface area contributed by atoms with E-state index in [4.69, 9.17) is 10.5 Å². The van der Waals surface area contributed by atoms with Crippen LogP contribution in [-0.2, 0) is 0 Å². The van der Waals surface area contributed by atoms with Crippen LogP contribution in [0.5, 0.6) is 5.88 Å². The van der Waals surface area contributed by atoms with E-state index < -0.39 is 0 Å². The molecule has 0 atom stereocenters. The Morgan fingerprint density at radius 1 is 1.39 bits per heavy atom. The van der Waals surface area contributed by atoms with Crippen molar-refractivity contribution >= 4 is 18.2 Å². The highest BCUT2D eigenvalue weighted by Crippen LogP contribution is 2.22. The van der Waals surface area contributed by atoms with Gasteiger partial charge in [-0.15, -0.1) is 12.4 Å². The molecule has 1 aliphatic heterocycles. The Morgan fingerprint density at radius 2 is 2.11 bits per heavy atom. The van der Waals surface area contributed by atoms with Crippen LogP contribution >= 0.6 is 12.4 Å². The maximum atomic E-state index is 5.69. The molecule has 0 spiro atoms. The number of halogens is 1. The lowest BCUT2D eigenvalue weighted by molar-refractivity contribution is 0.326. The van der Waals surface area contributed by atoms with E-state index in [1.54, 1.807) is 6.33 Å². The fraction of sp³-hybridized carbons (Fsp3) is 0.667. The summed E-state index contributed by atoms with van der Waals surface area (Å²) < 4.78 is 5.38. The van der Waals surface area contributed by atoms with Crippen molar-refractivity contribution in [2.24, 2.45) is 11.7 Å². The Hall–Kier alpha value is -1.07. The summed E-state index contributed by atoms with van der Waals surface area (Å²) in [6, 6.07) is 1.91. The topological polar surface area (TPSA) is 64.3 Å². The Kier molecular flexibility index (Phi) is 6.15. The van der Waals surface area contributed by atoms with Gasteiger partial charge in [-0.25, -0.2) is 9.97 Å². The van der Waals surface area contributed by atoms with Gasteiger partial charge in [0.25, 0.3) is 0 Å². The van der Waals surface area contributed by atoms with E-state index in [1.807, 2.05) is 13.0 Å². The van der Waals surface area contributed by atoms with Crippen molar-refractivity contribution < 1.29 is 4.74 Å². The third kappa shape index (κ3) is 3.71. The van der Waals surface area contributed by atoms with Gasteiger partial charge in [-0.2, -0.15) is 0 Å². The predicted molar refractivity (Wildman–Crippen MR) is 74.4 cm³/mol. The molecule has 2 heterocycles. The van der Waals surface area contributed by atoms with Crippen molar-refractivity contribution in [1.82, 2.24) is 9.97 Å². The van der Waals surface area contributed by atoms with E-state index in [9.17, 15) is 0 Å². The lowest BCUT2D eigenvalue weighted by atomic mass is 9.97. The SMILES string of the molecule is CCOc1cc(N2CCC(CN)CC2)ncn1.Cl. The highest BCUT2D eigenvalue weighted by atomic mass is 35.5. The molecule has 5 nitrogen and oxygen atoms in total. The standard InChI is InChI=1S/C12H20N4O.ClH/c1-2-17-12-7-11(14-9-15-12)16-5-3-10(8-13)4-6-16;/h7,9-10H,2-6,8,13H2,1H3;1H. The molecule has 18 heavy (non-hydrogen) atoms. The van der Waals surface area contributed by atoms with Gasteiger partial charge in [0.2, 0.25) is 5.88 Å². The first-order valence-electron chi connectivity index (χ1n) is 6.23. The van der Waals surface area contributed by atoms with E-state index in [2.05, 4.69) is 14.9 Å². The first-order valence-corrected chi connectivity index (χ1v) is 6.23. The molecule has 102 valence electrons. The van der Waals surface area contributed by atoms with Gasteiger partial charge in [0, 0.05) is 19.2 Å². The van der Waals surface area contributed by atoms with E-state index in [-0.39, 0.29) is 12.4 Å². The summed E-state index contributed by atoms with van der Waals surface area (Å²) in [6.07, 6.45) is 3.85. The van der Waals surface area contributed by atoms with Gasteiger partial charge >= 0.3 is 0 Å². The Morgan fingerprint density at radius 3 is 2.72 bits per heavy atom. The molecule has 1 fully saturated rings. The van der Waals surface area contributed by atoms with Crippen molar-refractivity contribution in [3.05, 3.63) is 12.4 Å². The highest BCUT2D eigenvalue weighted by molar-refractivity contribution is 5.85. The minimum absolute atomic E-state index is 0. The van der Waals surface area contributed by atoms with Gasteiger partial charge < -0.3 is 15.4 Å². The number of piperidine rings is 1. The molecule has 2 N–H and O–H groups in total. The Bertz CT molecular complexity index is 356. The zero-order chi connectivity index (χ0) is 12.1. The van der Waals surface area contributed by atoms with Gasteiger partial charge in [-0.1, -0.05) is 0 Å². The predicted octanol–water partition coefficient (Wildman–Crippen LogP) is 1.47. The van der Waals surface area contributed by atoms with Gasteiger partial charge in [0.1, 0.15) is 12.1 Å². The molecule has 0 radical (unpaired) electrons. The zero-order valence-electron chi connectivity index (χ0n) is 10.7. The second kappa shape index (κ2) is 7.38. The van der Waals surface area contributed by atoms with Crippen molar-refractivity contribution in [2.45, 2.75) is 19.8 Å². The van der Waals surface area contributed by atoms with Crippen LogP contribution in [-0.4, -0.2) is 36.2 Å². The fourth-order valence-corrected chi connectivity index (χ4v) is 2.13. The molecule has 1 aromatic rings. The molecule has 0 unspecified atom stereocenters. The molecule has 0 bridgehead atoms. The van der Waals surface area contributed by atoms with Crippen molar-refractivity contribution in [1.29, 1.82) is 0 Å². The van der Waals surface area contributed by atoms with Crippen LogP contribution in [0.4, 0.5) is 5.82 Å². The molecule has 1 aliphatic rings. The lowest BCUT2D eigenvalue weighted by Gasteiger charge is -2.32. The number of hydrogen-bond donors (Lipinski definition) is 1. The highest BCUT2D eigenvalue weighted by Gasteiger charge is 2.19. The number of aromatic nitrogens is 2. The Labute approximate surface area is 114 Å². The number of rotatable bonds is 4. The van der Waals surface area contributed by atoms with Crippen molar-refractivity contribution in [3.63, 3.8) is 0 Å². The molecule has 0 amide bonds. The molecule has 1 saturated heterocycles. The number of ether oxygens (including phenoxy) is 1. The van der Waals surface area contributed by atoms with Crippen LogP contribution < -0.4 is 15.4 Å². The minimum atomic E-state index is 0. The summed E-state index contributed by atoms with van der Waals surface area (Å²) >= 11 is 0. The largest absolute Gasteiger partial charge is 0.478 e. The second-order valence-corrected chi connectivity index (χ2v) is 4.31. The maximum Gasteiger partial charge on any atom is 0.218 e. The number of hydrogen-bond acceptors (Lipinski definition) is 5. The maximum absolute atomic E-state index is 5.69. The lowest BCUT2D eigenvalue weighted by Crippen LogP contribution is -2.36. The van der Waals surface area contributed by atoms with Crippen molar-refractivity contribution in [3.8, 4) is 5.88 Å². The van der Waals surface area contributed by atoms with Crippen LogP contribution in [0.25, 0.3) is 0 Å². The molecule has 0 saturated carbocycles. The minimum Gasteiger partial charge on any atom is -0.478 e. The van der Waals surface area contributed by atoms with Crippen LogP contribution in [0.1, 0.15) is 19.8 Å². The average molecular weight is 273 g/mol. The third-order valence-electron chi connectivity index (χ3n) is 3.19. The summed E-state index contributed by atoms with van der Waals surface area (Å²) in [6.45, 7) is 5.41. The second-order valence-electron chi connectivity index (χ2n) is 4.31. The fourth-order valence-electron chi connectivity index (χ4n) is 2.13. The first kappa shape index (κ1) is 15.0. The zero-order valence-corrected chi connectivity index (χ0v) is 11.5. The molecule has 2 rings (SSSR count). The van der Waals surface area contributed by atoms with Gasteiger partial charge in [-0.05, 0) is 32.2 Å². The van der Waals surface area contributed by atoms with Crippen LogP contribution in [0.2, 0.25) is 0 Å². The molecule has 0 aliphatic carbocycles. The van der Waals surface area contributed by atoms with Gasteiger partial charge in [0.15, 0.2) is 0 Å². The summed E-state index contributed by atoms with van der Waals surface area (Å²) in [5, 5.41) is 0. The molecule has 1 aromatic heterocycles. The van der Waals surface area contributed by atoms with E-state index in [0.29, 0.717) is 18.4 Å². The monoisotopic (exact) mass is 272 g/mol. The molecule has 0 aromatic carbocycles. The van der Waals surface area contributed by atoms with Crippen LogP contribution in [0.3, 0.4) is 0 Å². The normalized spacial score (nSPS) is 16.2. The quantitative estimate of drug-likeness (QED) is 0.899. The molecular weight excluding hydrogens is 252 g/mol. The smallest absolute Gasteiger partial charge is 0.218 e. The number of anilines is 1. The van der Waals surface area contributed by atoms with E-state index in [0.717, 1.165) is 38.3 Å². The average Bonchev–Trinajstić information content (AvgIpc) is 2.40. The number of nitrogens with two attached hydrogens (primary N) is 1. The summed E-state index contributed by atoms with van der Waals surface area (Å²) in [4.78, 5) is 10.6. The summed E-state index contributed by atoms with van der Waals surface area (Å²) in [7, 11) is 0. The molecule has 6 heteroatoms. The van der Waals surface area contributed by atoms with Gasteiger partial charge in [-0.3, -0.25) is 0 Å². The van der Waals surface area contributed by atoms with Gasteiger partial charge in [0.05, 0.1) is 6.61 Å². The van der Waals surface area contributed by atoms with E-state index >= 15 is 0 Å². The first-order chi connectivity index (χ1) is 8.33. The van der Waals surface area contributed by atoms with Crippen molar-refractivity contribution in [2.75, 3.05) is 31.1 Å². The van der Waals surface area contributed by atoms with Crippen LogP contribution in [0.15, 0.2) is 12.4 Å². The Balaban J connectivity index is 0.00000162. The molecular formula is C12H21ClN4O. The number of nitrogens with zero attached hydrogens (tertiary/aromatic N) is 3. The van der Waals surface area contributed by atoms with E-state index in [1.165, 1.54) is 0 Å².